The van der Waals surface area contributed by atoms with Gasteiger partial charge in [-0.2, -0.15) is 0 Å². The van der Waals surface area contributed by atoms with Gasteiger partial charge in [0.25, 0.3) is 0 Å². The average molecular weight is 240 g/mol. The molecule has 1 aliphatic carbocycles. The molecule has 0 aliphatic heterocycles. The smallest absolute Gasteiger partial charge is 0.406 e. The largest absolute Gasteiger partial charge is 0.573 e. The summed E-state index contributed by atoms with van der Waals surface area (Å²) in [5.41, 5.74) is 0.986. The summed E-state index contributed by atoms with van der Waals surface area (Å²) in [6, 6.07) is 6.01. The fourth-order valence-electron chi connectivity index (χ4n) is 1.74. The topological polar surface area (TPSA) is 9.23 Å². The Kier molecular flexibility index (Phi) is 3.22. The van der Waals surface area contributed by atoms with Gasteiger partial charge in [0.15, 0.2) is 0 Å². The summed E-state index contributed by atoms with van der Waals surface area (Å²) in [5.74, 6) is 0.0523. The van der Waals surface area contributed by atoms with Gasteiger partial charge in [-0.05, 0) is 24.1 Å². The van der Waals surface area contributed by atoms with Gasteiger partial charge >= 0.3 is 6.36 Å². The van der Waals surface area contributed by atoms with Gasteiger partial charge in [-0.15, -0.1) is 13.2 Å². The number of halogens is 3. The van der Waals surface area contributed by atoms with Crippen LogP contribution in [-0.4, -0.2) is 6.36 Å². The molecule has 1 nitrogen and oxygen atoms in total. The second-order valence-corrected chi connectivity index (χ2v) is 3.77. The van der Waals surface area contributed by atoms with E-state index >= 15 is 0 Å². The van der Waals surface area contributed by atoms with Crippen LogP contribution in [0.25, 0.3) is 0 Å². The summed E-state index contributed by atoms with van der Waals surface area (Å²) in [5, 5.41) is 0. The number of hydrogen-bond acceptors (Lipinski definition) is 1. The zero-order valence-electron chi connectivity index (χ0n) is 8.95. The predicted octanol–water partition coefficient (Wildman–Crippen LogP) is 4.18. The highest BCUT2D eigenvalue weighted by molar-refractivity contribution is 5.33. The summed E-state index contributed by atoms with van der Waals surface area (Å²) in [4.78, 5) is 0. The maximum atomic E-state index is 12.0. The van der Waals surface area contributed by atoms with Crippen molar-refractivity contribution in [3.8, 4) is 5.75 Å². The zero-order valence-corrected chi connectivity index (χ0v) is 8.95. The highest BCUT2D eigenvalue weighted by atomic mass is 19.4. The number of allylic oxidation sites excluding steroid dienone is 4. The molecule has 0 spiro atoms. The molecule has 0 N–H and O–H groups in total. The molecule has 0 fully saturated rings. The van der Waals surface area contributed by atoms with Crippen LogP contribution in [0.15, 0.2) is 48.6 Å². The van der Waals surface area contributed by atoms with Gasteiger partial charge in [0.05, 0.1) is 0 Å². The first-order chi connectivity index (χ1) is 8.04. The van der Waals surface area contributed by atoms with Crippen molar-refractivity contribution < 1.29 is 17.9 Å². The lowest BCUT2D eigenvalue weighted by molar-refractivity contribution is -0.274. The summed E-state index contributed by atoms with van der Waals surface area (Å²) in [6.07, 6.45) is 4.20. The fraction of sp³-hybridized carbons (Fsp3) is 0.231. The fourth-order valence-corrected chi connectivity index (χ4v) is 1.74. The van der Waals surface area contributed by atoms with E-state index in [2.05, 4.69) is 4.74 Å². The SMILES string of the molecule is FC(F)(F)Oc1ccc(C2C=CC=CC2)cc1. The van der Waals surface area contributed by atoms with Crippen molar-refractivity contribution >= 4 is 0 Å². The van der Waals surface area contributed by atoms with Crippen LogP contribution < -0.4 is 4.74 Å². The highest BCUT2D eigenvalue weighted by Crippen LogP contribution is 2.28. The summed E-state index contributed by atoms with van der Waals surface area (Å²) < 4.78 is 39.7. The van der Waals surface area contributed by atoms with E-state index in [-0.39, 0.29) is 11.7 Å². The van der Waals surface area contributed by atoms with Crippen LogP contribution in [0.4, 0.5) is 13.2 Å². The van der Waals surface area contributed by atoms with Gasteiger partial charge in [-0.1, -0.05) is 36.4 Å². The van der Waals surface area contributed by atoms with E-state index in [1.54, 1.807) is 12.1 Å². The number of alkyl halides is 3. The Bertz CT molecular complexity index is 429. The lowest BCUT2D eigenvalue weighted by Gasteiger charge is -2.14. The molecule has 1 aromatic rings. The molecule has 0 aromatic heterocycles. The monoisotopic (exact) mass is 240 g/mol. The lowest BCUT2D eigenvalue weighted by Crippen LogP contribution is -2.17. The van der Waals surface area contributed by atoms with Crippen LogP contribution in [0, 0.1) is 0 Å². The molecular formula is C13H11F3O. The predicted molar refractivity (Wildman–Crippen MR) is 58.8 cm³/mol. The van der Waals surface area contributed by atoms with Crippen molar-refractivity contribution in [2.45, 2.75) is 18.7 Å². The van der Waals surface area contributed by atoms with Crippen LogP contribution >= 0.6 is 0 Å². The molecule has 0 radical (unpaired) electrons. The number of rotatable bonds is 2. The molecule has 2 rings (SSSR count). The second-order valence-electron chi connectivity index (χ2n) is 3.77. The molecule has 1 aliphatic rings. The molecule has 17 heavy (non-hydrogen) atoms. The van der Waals surface area contributed by atoms with Crippen molar-refractivity contribution in [2.75, 3.05) is 0 Å². The second kappa shape index (κ2) is 4.65. The van der Waals surface area contributed by atoms with Crippen LogP contribution in [0.1, 0.15) is 17.9 Å². The minimum atomic E-state index is -4.63. The van der Waals surface area contributed by atoms with E-state index in [1.807, 2.05) is 24.3 Å². The highest BCUT2D eigenvalue weighted by Gasteiger charge is 2.31. The minimum Gasteiger partial charge on any atom is -0.406 e. The van der Waals surface area contributed by atoms with Crippen molar-refractivity contribution in [3.63, 3.8) is 0 Å². The van der Waals surface area contributed by atoms with E-state index in [9.17, 15) is 13.2 Å². The van der Waals surface area contributed by atoms with Crippen molar-refractivity contribution in [3.05, 3.63) is 54.1 Å². The Hall–Kier alpha value is -1.71. The maximum absolute atomic E-state index is 12.0. The summed E-state index contributed by atoms with van der Waals surface area (Å²) >= 11 is 0. The third kappa shape index (κ3) is 3.37. The van der Waals surface area contributed by atoms with Gasteiger partial charge in [-0.25, -0.2) is 0 Å². The molecule has 4 heteroatoms. The van der Waals surface area contributed by atoms with E-state index in [4.69, 9.17) is 0 Å². The van der Waals surface area contributed by atoms with Gasteiger partial charge in [-0.3, -0.25) is 0 Å². The van der Waals surface area contributed by atoms with Gasteiger partial charge in [0, 0.05) is 5.92 Å². The van der Waals surface area contributed by atoms with Crippen LogP contribution in [0.5, 0.6) is 5.75 Å². The quantitative estimate of drug-likeness (QED) is 0.753. The molecule has 0 bridgehead atoms. The van der Waals surface area contributed by atoms with E-state index in [0.29, 0.717) is 0 Å². The van der Waals surface area contributed by atoms with E-state index < -0.39 is 6.36 Å². The Balaban J connectivity index is 2.08. The third-order valence-electron chi connectivity index (χ3n) is 2.52. The third-order valence-corrected chi connectivity index (χ3v) is 2.52. The number of hydrogen-bond donors (Lipinski definition) is 0. The summed E-state index contributed by atoms with van der Waals surface area (Å²) in [7, 11) is 0. The normalized spacial score (nSPS) is 19.4. The first-order valence-corrected chi connectivity index (χ1v) is 5.24. The van der Waals surface area contributed by atoms with Crippen molar-refractivity contribution in [2.24, 2.45) is 0 Å². The Morgan fingerprint density at radius 1 is 1.06 bits per heavy atom. The van der Waals surface area contributed by atoms with Gasteiger partial charge in [0.1, 0.15) is 5.75 Å². The average Bonchev–Trinajstić information content (AvgIpc) is 2.29. The minimum absolute atomic E-state index is 0.184. The van der Waals surface area contributed by atoms with Crippen LogP contribution in [0.3, 0.4) is 0 Å². The van der Waals surface area contributed by atoms with E-state index in [0.717, 1.165) is 12.0 Å². The van der Waals surface area contributed by atoms with Gasteiger partial charge < -0.3 is 4.74 Å². The zero-order chi connectivity index (χ0) is 12.3. The lowest BCUT2D eigenvalue weighted by atomic mass is 9.93. The Morgan fingerprint density at radius 2 is 1.76 bits per heavy atom. The molecule has 0 heterocycles. The molecular weight excluding hydrogens is 229 g/mol. The standard InChI is InChI=1S/C13H11F3O/c14-13(15,16)17-12-8-6-11(7-9-12)10-4-2-1-3-5-10/h1-4,6-10H,5H2. The number of ether oxygens (including phenoxy) is 1. The van der Waals surface area contributed by atoms with Crippen LogP contribution in [0.2, 0.25) is 0 Å². The first kappa shape index (κ1) is 11.8. The molecule has 1 atom stereocenters. The number of benzene rings is 1. The Morgan fingerprint density at radius 3 is 2.29 bits per heavy atom. The Labute approximate surface area is 97.2 Å². The molecule has 90 valence electrons. The van der Waals surface area contributed by atoms with Crippen molar-refractivity contribution in [1.29, 1.82) is 0 Å². The first-order valence-electron chi connectivity index (χ1n) is 5.24. The molecule has 1 aromatic carbocycles. The van der Waals surface area contributed by atoms with Crippen molar-refractivity contribution in [1.82, 2.24) is 0 Å². The summed E-state index contributed by atoms with van der Waals surface area (Å²) in [6.45, 7) is 0. The molecule has 0 saturated carbocycles. The van der Waals surface area contributed by atoms with Gasteiger partial charge in [0.2, 0.25) is 0 Å². The molecule has 0 amide bonds. The maximum Gasteiger partial charge on any atom is 0.573 e. The van der Waals surface area contributed by atoms with E-state index in [1.165, 1.54) is 12.1 Å². The molecule has 1 unspecified atom stereocenters. The van der Waals surface area contributed by atoms with Crippen LogP contribution in [-0.2, 0) is 0 Å². The molecule has 0 saturated heterocycles.